The van der Waals surface area contributed by atoms with E-state index in [1.165, 1.54) is 0 Å². The van der Waals surface area contributed by atoms with Gasteiger partial charge < -0.3 is 24.4 Å². The van der Waals surface area contributed by atoms with E-state index in [9.17, 15) is 24.3 Å². The van der Waals surface area contributed by atoms with Gasteiger partial charge in [-0.05, 0) is 78.7 Å². The van der Waals surface area contributed by atoms with Crippen LogP contribution in [0.2, 0.25) is 18.6 Å². The van der Waals surface area contributed by atoms with Gasteiger partial charge in [0.1, 0.15) is 0 Å². The molecule has 0 aliphatic carbocycles. The zero-order valence-electron chi connectivity index (χ0n) is 28.9. The molecule has 1 fully saturated rings. The van der Waals surface area contributed by atoms with Crippen molar-refractivity contribution >= 4 is 59.5 Å². The van der Waals surface area contributed by atoms with Crippen molar-refractivity contribution in [1.29, 1.82) is 0 Å². The van der Waals surface area contributed by atoms with Gasteiger partial charge in [-0.15, -0.1) is 0 Å². The lowest BCUT2D eigenvalue weighted by Gasteiger charge is -2.37. The summed E-state index contributed by atoms with van der Waals surface area (Å²) < 4.78 is 7.74. The maximum atomic E-state index is 14.9. The average molecular weight is 769 g/mol. The molecule has 0 aromatic heterocycles. The number of hydrogen-bond acceptors (Lipinski definition) is 6. The molecule has 3 heterocycles. The number of para-hydroxylation sites is 1. The van der Waals surface area contributed by atoms with E-state index < -0.39 is 31.5 Å². The zero-order valence-corrected chi connectivity index (χ0v) is 31.5. The quantitative estimate of drug-likeness (QED) is 0.150. The van der Waals surface area contributed by atoms with Gasteiger partial charge in [-0.1, -0.05) is 77.5 Å². The first kappa shape index (κ1) is 35.3. The number of fused-ring (bicyclic) bond motifs is 3. The predicted octanol–water partition coefficient (Wildman–Crippen LogP) is 6.42. The van der Waals surface area contributed by atoms with Crippen molar-refractivity contribution in [2.24, 2.45) is 5.92 Å². The number of carbonyl (C=O) groups excluding carboxylic acids is 3. The second-order valence-corrected chi connectivity index (χ2v) is 19.3. The smallest absolute Gasteiger partial charge is 0.264 e. The fraction of sp³-hybridized carbons (Fsp3) is 0.325. The Morgan fingerprint density at radius 3 is 2.33 bits per heavy atom. The van der Waals surface area contributed by atoms with Crippen LogP contribution in [0, 0.1) is 5.92 Å². The Kier molecular flexibility index (Phi) is 9.53. The number of nitrogens with zero attached hydrogens (tertiary/aromatic N) is 3. The molecule has 2 N–H and O–H groups in total. The molecule has 11 heteroatoms. The molecule has 0 saturated carbocycles. The summed E-state index contributed by atoms with van der Waals surface area (Å²) in [5.74, 6) is -0.834. The summed E-state index contributed by atoms with van der Waals surface area (Å²) in [6.45, 7) is 6.14. The number of rotatable bonds is 9. The maximum absolute atomic E-state index is 14.9. The number of halogens is 1. The van der Waals surface area contributed by atoms with Gasteiger partial charge in [-0.3, -0.25) is 19.3 Å². The van der Waals surface area contributed by atoms with Gasteiger partial charge in [0.05, 0.1) is 37.4 Å². The van der Waals surface area contributed by atoms with E-state index in [-0.39, 0.29) is 37.4 Å². The average Bonchev–Trinajstić information content (AvgIpc) is 3.54. The van der Waals surface area contributed by atoms with E-state index in [0.717, 1.165) is 33.3 Å². The van der Waals surface area contributed by atoms with E-state index in [1.807, 2.05) is 117 Å². The maximum Gasteiger partial charge on any atom is 0.264 e. The lowest BCUT2D eigenvalue weighted by Crippen LogP contribution is -2.48. The van der Waals surface area contributed by atoms with Crippen molar-refractivity contribution in [3.8, 4) is 0 Å². The molecule has 7 rings (SSSR count). The summed E-state index contributed by atoms with van der Waals surface area (Å²) in [4.78, 5) is 57.8. The van der Waals surface area contributed by atoms with Crippen LogP contribution in [0.1, 0.15) is 35.6 Å². The van der Waals surface area contributed by atoms with Gasteiger partial charge in [0.15, 0.2) is 13.9 Å². The highest BCUT2D eigenvalue weighted by molar-refractivity contribution is 9.10. The number of amides is 3. The topological polar surface area (TPSA) is 111 Å². The van der Waals surface area contributed by atoms with Crippen LogP contribution in [-0.4, -0.2) is 60.1 Å². The summed E-state index contributed by atoms with van der Waals surface area (Å²) >= 11 is 3.62. The molecule has 9 nitrogen and oxygen atoms in total. The number of benzene rings is 4. The molecule has 4 aromatic rings. The Morgan fingerprint density at radius 2 is 1.67 bits per heavy atom. The van der Waals surface area contributed by atoms with Crippen LogP contribution in [0.5, 0.6) is 0 Å². The Balaban J connectivity index is 1.19. The zero-order chi connectivity index (χ0) is 36.1. The third-order valence-corrected chi connectivity index (χ3v) is 13.9. The minimum absolute atomic E-state index is 0.0147. The van der Waals surface area contributed by atoms with Crippen molar-refractivity contribution in [2.75, 3.05) is 16.4 Å². The summed E-state index contributed by atoms with van der Waals surface area (Å²) in [5, 5.41) is 10.3. The first-order valence-corrected chi connectivity index (χ1v) is 21.2. The van der Waals surface area contributed by atoms with Gasteiger partial charge in [-0.2, -0.15) is 0 Å². The summed E-state index contributed by atoms with van der Waals surface area (Å²) in [6.07, 6.45) is 0.614. The highest BCUT2D eigenvalue weighted by Gasteiger charge is 2.66. The van der Waals surface area contributed by atoms with E-state index in [2.05, 4.69) is 15.9 Å². The predicted molar refractivity (Wildman–Crippen MR) is 202 cm³/mol. The fourth-order valence-electron chi connectivity index (χ4n) is 8.54. The molecule has 4 aromatic carbocycles. The molecule has 51 heavy (non-hydrogen) atoms. The van der Waals surface area contributed by atoms with Crippen molar-refractivity contribution in [1.82, 2.24) is 4.90 Å². The minimum Gasteiger partial charge on any atom is -0.432 e. The number of ether oxygens (including phenoxy) is 1. The molecule has 0 bridgehead atoms. The monoisotopic (exact) mass is 767 g/mol. The van der Waals surface area contributed by atoms with Crippen LogP contribution in [0.3, 0.4) is 0 Å². The van der Waals surface area contributed by atoms with Gasteiger partial charge >= 0.3 is 0 Å². The number of aliphatic hydroxyl groups is 1. The molecule has 0 radical (unpaired) electrons. The lowest BCUT2D eigenvalue weighted by molar-refractivity contribution is -0.151. The molecule has 3 aliphatic rings. The van der Waals surface area contributed by atoms with E-state index in [4.69, 9.17) is 4.74 Å². The summed E-state index contributed by atoms with van der Waals surface area (Å²) in [7, 11) is -3.01. The lowest BCUT2D eigenvalue weighted by atomic mass is 9.82. The molecular weight excluding hydrogens is 726 g/mol. The Bertz CT molecular complexity index is 1950. The third kappa shape index (κ3) is 6.25. The first-order valence-electron chi connectivity index (χ1n) is 17.3. The van der Waals surface area contributed by atoms with Gasteiger partial charge in [0.25, 0.3) is 5.91 Å². The summed E-state index contributed by atoms with van der Waals surface area (Å²) in [6, 6.07) is 30.2. The highest BCUT2D eigenvalue weighted by Crippen LogP contribution is 2.60. The Labute approximate surface area is 307 Å². The first-order chi connectivity index (χ1) is 24.5. The van der Waals surface area contributed by atoms with Gasteiger partial charge in [0.2, 0.25) is 12.3 Å². The molecule has 5 atom stereocenters. The highest BCUT2D eigenvalue weighted by atomic mass is 79.9. The van der Waals surface area contributed by atoms with E-state index in [1.54, 1.807) is 14.7 Å². The largest absolute Gasteiger partial charge is 0.432 e. The van der Waals surface area contributed by atoms with E-state index in [0.29, 0.717) is 29.9 Å². The molecule has 264 valence electrons. The summed E-state index contributed by atoms with van der Waals surface area (Å²) in [5.41, 5.74) is 4.08. The normalized spacial score (nSPS) is 24.1. The molecule has 1 saturated heterocycles. The van der Waals surface area contributed by atoms with Gasteiger partial charge in [-0.25, -0.2) is 0 Å². The van der Waals surface area contributed by atoms with Gasteiger partial charge in [0, 0.05) is 39.4 Å². The molecular formula is C40H42BrN3O6Si. The number of hydrogen-bond donors (Lipinski definition) is 2. The standard InChI is InChI=1S/C40H42BrN3O6Si/c1-26-38(51(2,3)49)36(21-37(47)42-23-29-10-8-7-9-28(29)19-33(42)24-45)50-40(26)34-20-30(41)15-18-35(34)43(39(40)48)22-27-13-16-32(17-14-27)44(25-46)31-11-5-4-6-12-31/h4-18,20,25-26,33,36,38,45,49H,19,21-24H2,1-3H3/t26-,33+,36+,38-,40+/m1/s1. The molecule has 1 spiro atoms. The Morgan fingerprint density at radius 1 is 1.00 bits per heavy atom. The molecule has 3 aliphatic heterocycles. The number of anilines is 3. The second-order valence-electron chi connectivity index (χ2n) is 14.4. The van der Waals surface area contributed by atoms with Crippen molar-refractivity contribution < 1.29 is 29.0 Å². The van der Waals surface area contributed by atoms with Crippen molar-refractivity contribution in [2.45, 2.75) is 69.2 Å². The third-order valence-electron chi connectivity index (χ3n) is 10.9. The molecule has 0 unspecified atom stereocenters. The molecule has 3 amide bonds. The SMILES string of the molecule is C[C@@H]1[C@@H]([Si](C)(C)O)[C@H](CC(=O)N2Cc3ccccc3C[C@H]2CO)O[C@@]12C(=O)N(Cc1ccc(N(C=O)c3ccccc3)cc1)c1ccc(Br)cc12. The van der Waals surface area contributed by atoms with Crippen LogP contribution in [0.4, 0.5) is 17.1 Å². The fourth-order valence-corrected chi connectivity index (χ4v) is 11.5. The van der Waals surface area contributed by atoms with Crippen LogP contribution >= 0.6 is 15.9 Å². The van der Waals surface area contributed by atoms with Crippen molar-refractivity contribution in [3.05, 3.63) is 124 Å². The van der Waals surface area contributed by atoms with Crippen LogP contribution in [0.15, 0.2) is 102 Å². The number of aliphatic hydroxyl groups excluding tert-OH is 1. The van der Waals surface area contributed by atoms with Crippen LogP contribution < -0.4 is 9.80 Å². The minimum atomic E-state index is -3.01. The Hall–Kier alpha value is -4.13. The van der Waals surface area contributed by atoms with Crippen LogP contribution in [0.25, 0.3) is 0 Å². The van der Waals surface area contributed by atoms with E-state index >= 15 is 0 Å². The van der Waals surface area contributed by atoms with Crippen LogP contribution in [-0.2, 0) is 44.2 Å². The van der Waals surface area contributed by atoms with Crippen molar-refractivity contribution in [3.63, 3.8) is 0 Å². The second kappa shape index (κ2) is 13.8. The number of carbonyl (C=O) groups is 3.